The summed E-state index contributed by atoms with van der Waals surface area (Å²) in [5.74, 6) is 1.06. The summed E-state index contributed by atoms with van der Waals surface area (Å²) in [7, 11) is 0. The molecule has 1 amide bonds. The van der Waals surface area contributed by atoms with Crippen molar-refractivity contribution in [1.82, 2.24) is 10.5 Å². The van der Waals surface area contributed by atoms with Gasteiger partial charge in [-0.1, -0.05) is 34.5 Å². The number of benzene rings is 2. The van der Waals surface area contributed by atoms with E-state index in [-0.39, 0.29) is 19.1 Å². The number of aromatic nitrogens is 1. The van der Waals surface area contributed by atoms with Crippen LogP contribution < -0.4 is 10.1 Å². The summed E-state index contributed by atoms with van der Waals surface area (Å²) < 4.78 is 10.7. The minimum absolute atomic E-state index is 0.0506. The SMILES string of the molecule is Cc1ccc(OCC(=O)NCc2cc(-c3ccc(Cl)cc3)on2)cc1. The van der Waals surface area contributed by atoms with Crippen LogP contribution in [0, 0.1) is 6.92 Å². The second-order valence-electron chi connectivity index (χ2n) is 5.57. The highest BCUT2D eigenvalue weighted by Gasteiger charge is 2.09. The fourth-order valence-corrected chi connectivity index (χ4v) is 2.29. The highest BCUT2D eigenvalue weighted by atomic mass is 35.5. The van der Waals surface area contributed by atoms with E-state index in [2.05, 4.69) is 10.5 Å². The van der Waals surface area contributed by atoms with Gasteiger partial charge in [-0.2, -0.15) is 0 Å². The maximum Gasteiger partial charge on any atom is 0.258 e. The number of amides is 1. The number of carbonyl (C=O) groups is 1. The Hall–Kier alpha value is -2.79. The third-order valence-corrected chi connectivity index (χ3v) is 3.80. The molecule has 0 unspecified atom stereocenters. The van der Waals surface area contributed by atoms with Crippen LogP contribution in [0.2, 0.25) is 5.02 Å². The zero-order chi connectivity index (χ0) is 17.6. The van der Waals surface area contributed by atoms with E-state index in [1.807, 2.05) is 43.3 Å². The van der Waals surface area contributed by atoms with E-state index < -0.39 is 0 Å². The van der Waals surface area contributed by atoms with Crippen molar-refractivity contribution in [1.29, 1.82) is 0 Å². The predicted octanol–water partition coefficient (Wildman–Crippen LogP) is 4.00. The summed E-state index contributed by atoms with van der Waals surface area (Å²) in [6, 6.07) is 16.6. The van der Waals surface area contributed by atoms with E-state index in [1.54, 1.807) is 18.2 Å². The molecule has 0 saturated carbocycles. The molecule has 0 saturated heterocycles. The van der Waals surface area contributed by atoms with Crippen molar-refractivity contribution in [2.75, 3.05) is 6.61 Å². The first-order valence-corrected chi connectivity index (χ1v) is 8.15. The molecule has 2 aromatic carbocycles. The lowest BCUT2D eigenvalue weighted by Crippen LogP contribution is -2.28. The summed E-state index contributed by atoms with van der Waals surface area (Å²) in [5.41, 5.74) is 2.64. The molecule has 5 nitrogen and oxygen atoms in total. The summed E-state index contributed by atoms with van der Waals surface area (Å²) >= 11 is 5.86. The third kappa shape index (κ3) is 4.84. The first-order valence-electron chi connectivity index (χ1n) is 7.78. The summed E-state index contributed by atoms with van der Waals surface area (Å²) in [6.07, 6.45) is 0. The quantitative estimate of drug-likeness (QED) is 0.725. The Bertz CT molecular complexity index is 842. The molecule has 0 aliphatic rings. The molecule has 1 N–H and O–H groups in total. The molecular formula is C19H17ClN2O3. The second-order valence-corrected chi connectivity index (χ2v) is 6.00. The average Bonchev–Trinajstić information content (AvgIpc) is 3.09. The summed E-state index contributed by atoms with van der Waals surface area (Å²) in [4.78, 5) is 11.9. The lowest BCUT2D eigenvalue weighted by atomic mass is 10.1. The van der Waals surface area contributed by atoms with Crippen molar-refractivity contribution in [3.8, 4) is 17.1 Å². The Morgan fingerprint density at radius 2 is 1.88 bits per heavy atom. The van der Waals surface area contributed by atoms with Crippen LogP contribution in [-0.4, -0.2) is 17.7 Å². The van der Waals surface area contributed by atoms with Crippen molar-refractivity contribution in [2.45, 2.75) is 13.5 Å². The van der Waals surface area contributed by atoms with Gasteiger partial charge >= 0.3 is 0 Å². The number of carbonyl (C=O) groups excluding carboxylic acids is 1. The van der Waals surface area contributed by atoms with Crippen LogP contribution >= 0.6 is 11.6 Å². The number of aryl methyl sites for hydroxylation is 1. The molecule has 0 radical (unpaired) electrons. The molecule has 0 aliphatic heterocycles. The number of nitrogens with one attached hydrogen (secondary N) is 1. The molecule has 0 bridgehead atoms. The standard InChI is InChI=1S/C19H17ClN2O3/c1-13-2-8-17(9-3-13)24-12-19(23)21-11-16-10-18(25-22-16)14-4-6-15(20)7-5-14/h2-10H,11-12H2,1H3,(H,21,23). The van der Waals surface area contributed by atoms with Gasteiger partial charge in [0.05, 0.1) is 6.54 Å². The molecule has 0 fully saturated rings. The molecule has 1 heterocycles. The molecule has 1 aromatic heterocycles. The summed E-state index contributed by atoms with van der Waals surface area (Å²) in [6.45, 7) is 2.21. The minimum Gasteiger partial charge on any atom is -0.484 e. The van der Waals surface area contributed by atoms with Crippen molar-refractivity contribution in [3.63, 3.8) is 0 Å². The number of halogens is 1. The van der Waals surface area contributed by atoms with Gasteiger partial charge in [0.1, 0.15) is 11.4 Å². The van der Waals surface area contributed by atoms with Crippen LogP contribution in [0.1, 0.15) is 11.3 Å². The highest BCUT2D eigenvalue weighted by Crippen LogP contribution is 2.22. The van der Waals surface area contributed by atoms with Crippen LogP contribution in [-0.2, 0) is 11.3 Å². The zero-order valence-corrected chi connectivity index (χ0v) is 14.4. The van der Waals surface area contributed by atoms with Gasteiger partial charge in [0.15, 0.2) is 12.4 Å². The van der Waals surface area contributed by atoms with Crippen LogP contribution in [0.4, 0.5) is 0 Å². The maximum absolute atomic E-state index is 11.9. The van der Waals surface area contributed by atoms with Gasteiger partial charge in [0.25, 0.3) is 5.91 Å². The number of rotatable bonds is 6. The van der Waals surface area contributed by atoms with Gasteiger partial charge in [-0.15, -0.1) is 0 Å². The van der Waals surface area contributed by atoms with Crippen molar-refractivity contribution >= 4 is 17.5 Å². The first kappa shape index (κ1) is 17.0. The van der Waals surface area contributed by atoms with Gasteiger partial charge in [-0.05, 0) is 43.3 Å². The Labute approximate surface area is 150 Å². The normalized spacial score (nSPS) is 10.5. The Morgan fingerprint density at radius 1 is 1.16 bits per heavy atom. The molecular weight excluding hydrogens is 340 g/mol. The van der Waals surface area contributed by atoms with Gasteiger partial charge in [0.2, 0.25) is 0 Å². The summed E-state index contributed by atoms with van der Waals surface area (Å²) in [5, 5.41) is 7.36. The van der Waals surface area contributed by atoms with Crippen LogP contribution in [0.3, 0.4) is 0 Å². The van der Waals surface area contributed by atoms with Crippen molar-refractivity contribution in [2.24, 2.45) is 0 Å². The van der Waals surface area contributed by atoms with E-state index in [0.29, 0.717) is 22.2 Å². The number of hydrogen-bond donors (Lipinski definition) is 1. The number of nitrogens with zero attached hydrogens (tertiary/aromatic N) is 1. The lowest BCUT2D eigenvalue weighted by Gasteiger charge is -2.06. The smallest absolute Gasteiger partial charge is 0.258 e. The molecule has 0 aliphatic carbocycles. The Morgan fingerprint density at radius 3 is 2.60 bits per heavy atom. The third-order valence-electron chi connectivity index (χ3n) is 3.55. The Balaban J connectivity index is 1.49. The van der Waals surface area contributed by atoms with Gasteiger partial charge in [-0.25, -0.2) is 0 Å². The topological polar surface area (TPSA) is 64.4 Å². The van der Waals surface area contributed by atoms with Crippen LogP contribution in [0.5, 0.6) is 5.75 Å². The number of hydrogen-bond acceptors (Lipinski definition) is 4. The Kier molecular flexibility index (Phi) is 5.36. The van der Waals surface area contributed by atoms with Crippen molar-refractivity contribution in [3.05, 3.63) is 70.9 Å². The fraction of sp³-hybridized carbons (Fsp3) is 0.158. The molecule has 0 spiro atoms. The predicted molar refractivity (Wildman–Crippen MR) is 95.5 cm³/mol. The lowest BCUT2D eigenvalue weighted by molar-refractivity contribution is -0.123. The zero-order valence-electron chi connectivity index (χ0n) is 13.7. The maximum atomic E-state index is 11.9. The monoisotopic (exact) mass is 356 g/mol. The van der Waals surface area contributed by atoms with Gasteiger partial charge in [0, 0.05) is 16.7 Å². The highest BCUT2D eigenvalue weighted by molar-refractivity contribution is 6.30. The first-order chi connectivity index (χ1) is 12.1. The molecule has 128 valence electrons. The minimum atomic E-state index is -0.225. The van der Waals surface area contributed by atoms with E-state index in [1.165, 1.54) is 0 Å². The molecule has 25 heavy (non-hydrogen) atoms. The fourth-order valence-electron chi connectivity index (χ4n) is 2.17. The van der Waals surface area contributed by atoms with Gasteiger partial charge < -0.3 is 14.6 Å². The molecule has 6 heteroatoms. The van der Waals surface area contributed by atoms with E-state index >= 15 is 0 Å². The average molecular weight is 357 g/mol. The van der Waals surface area contributed by atoms with E-state index in [4.69, 9.17) is 20.9 Å². The van der Waals surface area contributed by atoms with E-state index in [9.17, 15) is 4.79 Å². The molecule has 3 rings (SSSR count). The largest absolute Gasteiger partial charge is 0.484 e. The van der Waals surface area contributed by atoms with Crippen LogP contribution in [0.25, 0.3) is 11.3 Å². The second kappa shape index (κ2) is 7.85. The molecule has 3 aromatic rings. The number of ether oxygens (including phenoxy) is 1. The van der Waals surface area contributed by atoms with E-state index in [0.717, 1.165) is 11.1 Å². The van der Waals surface area contributed by atoms with Crippen molar-refractivity contribution < 1.29 is 14.1 Å². The van der Waals surface area contributed by atoms with Gasteiger partial charge in [-0.3, -0.25) is 4.79 Å². The molecule has 0 atom stereocenters. The van der Waals surface area contributed by atoms with Crippen LogP contribution in [0.15, 0.2) is 59.1 Å².